The topological polar surface area (TPSA) is 41.9 Å². The molecule has 2 heterocycles. The van der Waals surface area contributed by atoms with Crippen LogP contribution >= 0.6 is 0 Å². The van der Waals surface area contributed by atoms with Crippen LogP contribution in [0.4, 0.5) is 0 Å². The summed E-state index contributed by atoms with van der Waals surface area (Å²) in [6.45, 7) is 3.30. The first-order chi connectivity index (χ1) is 11.7. The van der Waals surface area contributed by atoms with Crippen molar-refractivity contribution in [2.45, 2.75) is 49.9 Å². The molecule has 1 N–H and O–H groups in total. The molecular weight excluding hydrogens is 302 g/mol. The van der Waals surface area contributed by atoms with Crippen LogP contribution in [-0.4, -0.2) is 42.4 Å². The van der Waals surface area contributed by atoms with Gasteiger partial charge in [-0.25, -0.2) is 0 Å². The van der Waals surface area contributed by atoms with Gasteiger partial charge in [-0.3, -0.25) is 4.90 Å². The largest absolute Gasteiger partial charge is 0.493 e. The SMILES string of the molecule is COc1ccc2c3c1O[C@@H]1CC(O)C=CC31CCN(CC1CC1)C2. The molecule has 1 saturated carbocycles. The Morgan fingerprint density at radius 1 is 1.38 bits per heavy atom. The van der Waals surface area contributed by atoms with Gasteiger partial charge >= 0.3 is 0 Å². The van der Waals surface area contributed by atoms with E-state index in [2.05, 4.69) is 17.0 Å². The molecule has 4 aliphatic rings. The van der Waals surface area contributed by atoms with Gasteiger partial charge in [-0.15, -0.1) is 0 Å². The van der Waals surface area contributed by atoms with Crippen LogP contribution < -0.4 is 9.47 Å². The Bertz CT molecular complexity index is 696. The van der Waals surface area contributed by atoms with Gasteiger partial charge in [0.15, 0.2) is 11.5 Å². The van der Waals surface area contributed by atoms with E-state index in [-0.39, 0.29) is 11.5 Å². The summed E-state index contributed by atoms with van der Waals surface area (Å²) < 4.78 is 11.9. The van der Waals surface area contributed by atoms with Gasteiger partial charge in [-0.1, -0.05) is 18.2 Å². The van der Waals surface area contributed by atoms with E-state index < -0.39 is 6.10 Å². The van der Waals surface area contributed by atoms with Gasteiger partial charge in [0.1, 0.15) is 6.10 Å². The Hall–Kier alpha value is -1.52. The summed E-state index contributed by atoms with van der Waals surface area (Å²) >= 11 is 0. The minimum absolute atomic E-state index is 0.0171. The fourth-order valence-corrected chi connectivity index (χ4v) is 4.82. The van der Waals surface area contributed by atoms with Crippen LogP contribution in [0.5, 0.6) is 11.5 Å². The highest BCUT2D eigenvalue weighted by molar-refractivity contribution is 5.61. The quantitative estimate of drug-likeness (QED) is 0.867. The van der Waals surface area contributed by atoms with Crippen molar-refractivity contribution >= 4 is 0 Å². The summed E-state index contributed by atoms with van der Waals surface area (Å²) in [5, 5.41) is 10.1. The third-order valence-electron chi connectivity index (χ3n) is 6.25. The molecule has 4 heteroatoms. The predicted octanol–water partition coefficient (Wildman–Crippen LogP) is 2.63. The average Bonchev–Trinajstić information content (AvgIpc) is 3.34. The normalized spacial score (nSPS) is 34.2. The molecule has 0 saturated heterocycles. The van der Waals surface area contributed by atoms with E-state index in [4.69, 9.17) is 9.47 Å². The van der Waals surface area contributed by atoms with E-state index in [0.717, 1.165) is 36.9 Å². The zero-order valence-electron chi connectivity index (χ0n) is 14.2. The smallest absolute Gasteiger partial charge is 0.166 e. The molecular formula is C20H25NO3. The van der Waals surface area contributed by atoms with Crippen molar-refractivity contribution in [1.29, 1.82) is 0 Å². The van der Waals surface area contributed by atoms with Gasteiger partial charge in [0, 0.05) is 25.1 Å². The molecule has 5 rings (SSSR count). The van der Waals surface area contributed by atoms with Crippen LogP contribution in [-0.2, 0) is 12.0 Å². The first-order valence-corrected chi connectivity index (χ1v) is 9.16. The number of aliphatic hydroxyl groups is 1. The van der Waals surface area contributed by atoms with E-state index in [1.165, 1.54) is 30.5 Å². The third-order valence-corrected chi connectivity index (χ3v) is 6.25. The standard InChI is InChI=1S/C20H25NO3/c1-23-16-5-4-14-12-21(11-13-2-3-13)9-8-20-7-6-15(22)10-17(20)24-19(16)18(14)20/h4-7,13,15,17,22H,2-3,8-12H2,1H3/t15?,17-,20?/m1/s1. The summed E-state index contributed by atoms with van der Waals surface area (Å²) in [6.07, 6.45) is 8.30. The summed E-state index contributed by atoms with van der Waals surface area (Å²) in [7, 11) is 1.71. The number of ether oxygens (including phenoxy) is 2. The van der Waals surface area contributed by atoms with Crippen LogP contribution in [0, 0.1) is 5.92 Å². The van der Waals surface area contributed by atoms with E-state index in [0.29, 0.717) is 6.42 Å². The highest BCUT2D eigenvalue weighted by Gasteiger charge is 2.52. The molecule has 24 heavy (non-hydrogen) atoms. The zero-order valence-corrected chi connectivity index (χ0v) is 14.2. The van der Waals surface area contributed by atoms with E-state index in [9.17, 15) is 5.11 Å². The number of hydrogen-bond acceptors (Lipinski definition) is 4. The van der Waals surface area contributed by atoms with Gasteiger partial charge in [-0.05, 0) is 43.4 Å². The van der Waals surface area contributed by atoms with E-state index in [1.54, 1.807) is 7.11 Å². The van der Waals surface area contributed by atoms with E-state index >= 15 is 0 Å². The number of methoxy groups -OCH3 is 1. The lowest BCUT2D eigenvalue weighted by atomic mass is 9.69. The molecule has 1 fully saturated rings. The van der Waals surface area contributed by atoms with Crippen molar-refractivity contribution in [1.82, 2.24) is 4.90 Å². The Morgan fingerprint density at radius 2 is 2.25 bits per heavy atom. The first kappa shape index (κ1) is 14.8. The molecule has 1 aromatic rings. The molecule has 1 spiro atoms. The molecule has 1 aromatic carbocycles. The highest BCUT2D eigenvalue weighted by atomic mass is 16.5. The average molecular weight is 327 g/mol. The monoisotopic (exact) mass is 327 g/mol. The number of nitrogens with zero attached hydrogens (tertiary/aromatic N) is 1. The first-order valence-electron chi connectivity index (χ1n) is 9.16. The van der Waals surface area contributed by atoms with Crippen molar-refractivity contribution < 1.29 is 14.6 Å². The number of hydrogen-bond donors (Lipinski definition) is 1. The molecule has 0 radical (unpaired) electrons. The van der Waals surface area contributed by atoms with Crippen LogP contribution in [0.15, 0.2) is 24.3 Å². The second-order valence-electron chi connectivity index (χ2n) is 7.87. The molecule has 4 nitrogen and oxygen atoms in total. The van der Waals surface area contributed by atoms with Gasteiger partial charge in [0.2, 0.25) is 0 Å². The maximum absolute atomic E-state index is 10.1. The van der Waals surface area contributed by atoms with Gasteiger partial charge in [0.25, 0.3) is 0 Å². The minimum Gasteiger partial charge on any atom is -0.493 e. The van der Waals surface area contributed by atoms with Crippen molar-refractivity contribution in [3.63, 3.8) is 0 Å². The number of rotatable bonds is 3. The van der Waals surface area contributed by atoms with Crippen LogP contribution in [0.25, 0.3) is 0 Å². The maximum Gasteiger partial charge on any atom is 0.166 e. The summed E-state index contributed by atoms with van der Waals surface area (Å²) in [6, 6.07) is 4.26. The fourth-order valence-electron chi connectivity index (χ4n) is 4.82. The predicted molar refractivity (Wildman–Crippen MR) is 91.5 cm³/mol. The van der Waals surface area contributed by atoms with Crippen LogP contribution in [0.3, 0.4) is 0 Å². The van der Waals surface area contributed by atoms with Gasteiger partial charge in [0.05, 0.1) is 18.6 Å². The lowest BCUT2D eigenvalue weighted by Crippen LogP contribution is -2.43. The van der Waals surface area contributed by atoms with Crippen molar-refractivity contribution in [3.05, 3.63) is 35.4 Å². The highest BCUT2D eigenvalue weighted by Crippen LogP contribution is 2.55. The second-order valence-corrected chi connectivity index (χ2v) is 7.87. The van der Waals surface area contributed by atoms with E-state index in [1.807, 2.05) is 12.1 Å². The lowest BCUT2D eigenvalue weighted by molar-refractivity contribution is 0.0808. The molecule has 2 unspecified atom stereocenters. The maximum atomic E-state index is 10.1. The molecule has 0 amide bonds. The Labute approximate surface area is 143 Å². The molecule has 2 aliphatic heterocycles. The lowest BCUT2D eigenvalue weighted by Gasteiger charge is -2.35. The Kier molecular flexibility index (Phi) is 3.23. The van der Waals surface area contributed by atoms with Gasteiger partial charge < -0.3 is 14.6 Å². The Morgan fingerprint density at radius 3 is 3.04 bits per heavy atom. The Balaban J connectivity index is 1.62. The molecule has 0 aromatic heterocycles. The van der Waals surface area contributed by atoms with Crippen molar-refractivity contribution in [2.75, 3.05) is 20.2 Å². The molecule has 128 valence electrons. The third kappa shape index (κ3) is 2.12. The van der Waals surface area contributed by atoms with Crippen LogP contribution in [0.1, 0.15) is 36.8 Å². The van der Waals surface area contributed by atoms with Crippen LogP contribution in [0.2, 0.25) is 0 Å². The fraction of sp³-hybridized carbons (Fsp3) is 0.600. The number of benzene rings is 1. The van der Waals surface area contributed by atoms with Crippen molar-refractivity contribution in [3.8, 4) is 11.5 Å². The summed E-state index contributed by atoms with van der Waals surface area (Å²) in [4.78, 5) is 2.61. The molecule has 2 aliphatic carbocycles. The zero-order chi connectivity index (χ0) is 16.3. The summed E-state index contributed by atoms with van der Waals surface area (Å²) in [5.74, 6) is 2.63. The summed E-state index contributed by atoms with van der Waals surface area (Å²) in [5.41, 5.74) is 2.58. The van der Waals surface area contributed by atoms with Gasteiger partial charge in [-0.2, -0.15) is 0 Å². The molecule has 0 bridgehead atoms. The minimum atomic E-state index is -0.407. The number of aliphatic hydroxyl groups excluding tert-OH is 1. The van der Waals surface area contributed by atoms with Crippen molar-refractivity contribution in [2.24, 2.45) is 5.92 Å². The second kappa shape index (κ2) is 5.24. The molecule has 3 atom stereocenters.